The van der Waals surface area contributed by atoms with E-state index in [0.29, 0.717) is 11.4 Å². The number of nitrogens with one attached hydrogen (secondary N) is 3. The zero-order chi connectivity index (χ0) is 27.9. The van der Waals surface area contributed by atoms with Gasteiger partial charge in [0.25, 0.3) is 11.6 Å². The van der Waals surface area contributed by atoms with Crippen molar-refractivity contribution in [2.45, 2.75) is 12.8 Å². The number of nitro groups is 1. The van der Waals surface area contributed by atoms with Gasteiger partial charge in [-0.2, -0.15) is 5.26 Å². The second-order valence-electron chi connectivity index (χ2n) is 8.40. The van der Waals surface area contributed by atoms with E-state index in [-0.39, 0.29) is 38.9 Å². The first-order valence-corrected chi connectivity index (χ1v) is 12.7. The third-order valence-electron chi connectivity index (χ3n) is 5.86. The van der Waals surface area contributed by atoms with Gasteiger partial charge in [0.15, 0.2) is 0 Å². The van der Waals surface area contributed by atoms with E-state index in [1.165, 1.54) is 36.4 Å². The molecule has 1 heterocycles. The van der Waals surface area contributed by atoms with E-state index >= 15 is 4.39 Å². The lowest BCUT2D eigenvalue weighted by Gasteiger charge is -2.30. The average Bonchev–Trinajstić information content (AvgIpc) is 2.92. The van der Waals surface area contributed by atoms with Crippen molar-refractivity contribution >= 4 is 40.6 Å². The number of rotatable bonds is 8. The molecule has 0 fully saturated rings. The largest absolute Gasteiger partial charge is 0.353 e. The number of amides is 2. The molecule has 0 saturated heterocycles. The minimum absolute atomic E-state index is 0.0411. The van der Waals surface area contributed by atoms with Gasteiger partial charge in [-0.3, -0.25) is 19.7 Å². The Bertz CT molecular complexity index is 1550. The highest BCUT2D eigenvalue weighted by molar-refractivity contribution is 8.03. The minimum atomic E-state index is -1.04. The zero-order valence-electron chi connectivity index (χ0n) is 20.6. The van der Waals surface area contributed by atoms with Gasteiger partial charge in [0, 0.05) is 28.6 Å². The molecule has 39 heavy (non-hydrogen) atoms. The number of carbonyl (C=O) groups excluding carboxylic acids is 2. The number of nitriles is 1. The van der Waals surface area contributed by atoms with Crippen LogP contribution in [0, 0.1) is 27.3 Å². The van der Waals surface area contributed by atoms with Crippen molar-refractivity contribution in [3.8, 4) is 6.07 Å². The van der Waals surface area contributed by atoms with Crippen LogP contribution in [0.1, 0.15) is 18.4 Å². The Labute approximate surface area is 227 Å². The summed E-state index contributed by atoms with van der Waals surface area (Å²) in [6.07, 6.45) is 0. The van der Waals surface area contributed by atoms with Crippen LogP contribution in [0.2, 0.25) is 0 Å². The van der Waals surface area contributed by atoms with Crippen LogP contribution in [-0.2, 0) is 9.59 Å². The first-order chi connectivity index (χ1) is 18.8. The number of hydrogen-bond donors (Lipinski definition) is 3. The molecular formula is C28H22FN5O4S. The number of dihydropyridines is 1. The number of halogens is 1. The molecule has 196 valence electrons. The Kier molecular flexibility index (Phi) is 8.38. The highest BCUT2D eigenvalue weighted by Crippen LogP contribution is 2.41. The van der Waals surface area contributed by atoms with Gasteiger partial charge in [-0.15, -0.1) is 0 Å². The van der Waals surface area contributed by atoms with Gasteiger partial charge in [-0.1, -0.05) is 60.3 Å². The quantitative estimate of drug-likeness (QED) is 0.254. The fraction of sp³-hybridized carbons (Fsp3) is 0.107. The molecular weight excluding hydrogens is 521 g/mol. The number of allylic oxidation sites excluding steroid dienone is 2. The summed E-state index contributed by atoms with van der Waals surface area (Å²) < 4.78 is 15.0. The van der Waals surface area contributed by atoms with Crippen molar-refractivity contribution in [1.29, 1.82) is 5.26 Å². The van der Waals surface area contributed by atoms with Crippen LogP contribution in [0.25, 0.3) is 0 Å². The molecule has 0 saturated carbocycles. The molecule has 1 aliphatic rings. The molecule has 3 N–H and O–H groups in total. The van der Waals surface area contributed by atoms with Crippen molar-refractivity contribution in [2.75, 3.05) is 16.4 Å². The standard InChI is InChI=1S/C28H22FN5O4S/c1-17-25(27(36)32-18-9-3-2-4-10-18)26(19-11-5-6-12-21(19)29)20(15-30)28(31-17)39-16-24(35)33-22-13-7-8-14-23(22)34(37)38/h2-14,26,31H,16H2,1H3,(H,32,36)(H,33,35). The molecule has 11 heteroatoms. The molecule has 1 atom stereocenters. The lowest BCUT2D eigenvalue weighted by molar-refractivity contribution is -0.383. The first-order valence-electron chi connectivity index (χ1n) is 11.7. The van der Waals surface area contributed by atoms with Crippen LogP contribution < -0.4 is 16.0 Å². The van der Waals surface area contributed by atoms with Gasteiger partial charge in [0.2, 0.25) is 5.91 Å². The van der Waals surface area contributed by atoms with Crippen molar-refractivity contribution in [3.63, 3.8) is 0 Å². The smallest absolute Gasteiger partial charge is 0.292 e. The second kappa shape index (κ2) is 12.1. The van der Waals surface area contributed by atoms with E-state index in [1.54, 1.807) is 49.4 Å². The van der Waals surface area contributed by atoms with E-state index in [1.807, 2.05) is 0 Å². The summed E-state index contributed by atoms with van der Waals surface area (Å²) in [6, 6.07) is 22.5. The van der Waals surface area contributed by atoms with Crippen LogP contribution in [0.5, 0.6) is 0 Å². The maximum atomic E-state index is 15.0. The highest BCUT2D eigenvalue weighted by Gasteiger charge is 2.36. The monoisotopic (exact) mass is 543 g/mol. The fourth-order valence-corrected chi connectivity index (χ4v) is 5.02. The van der Waals surface area contributed by atoms with Gasteiger partial charge in [-0.05, 0) is 31.2 Å². The molecule has 1 unspecified atom stereocenters. The molecule has 2 amide bonds. The number of anilines is 2. The number of nitro benzene ring substituents is 1. The Morgan fingerprint density at radius 2 is 1.72 bits per heavy atom. The van der Waals surface area contributed by atoms with Crippen LogP contribution in [-0.4, -0.2) is 22.5 Å². The van der Waals surface area contributed by atoms with Crippen molar-refractivity contribution in [1.82, 2.24) is 5.32 Å². The van der Waals surface area contributed by atoms with E-state index < -0.39 is 28.5 Å². The normalized spacial score (nSPS) is 14.7. The topological polar surface area (TPSA) is 137 Å². The van der Waals surface area contributed by atoms with Crippen molar-refractivity contribution < 1.29 is 18.9 Å². The maximum Gasteiger partial charge on any atom is 0.292 e. The number of thioether (sulfide) groups is 1. The number of nitrogens with zero attached hydrogens (tertiary/aromatic N) is 2. The molecule has 0 aromatic heterocycles. The Balaban J connectivity index is 1.64. The minimum Gasteiger partial charge on any atom is -0.353 e. The Hall–Kier alpha value is -4.95. The summed E-state index contributed by atoms with van der Waals surface area (Å²) >= 11 is 0.973. The van der Waals surface area contributed by atoms with Crippen LogP contribution >= 0.6 is 11.8 Å². The fourth-order valence-electron chi connectivity index (χ4n) is 4.13. The lowest BCUT2D eigenvalue weighted by atomic mass is 9.82. The molecule has 0 aliphatic carbocycles. The van der Waals surface area contributed by atoms with E-state index in [4.69, 9.17) is 0 Å². The number of benzene rings is 3. The van der Waals surface area contributed by atoms with E-state index in [2.05, 4.69) is 22.0 Å². The van der Waals surface area contributed by atoms with Crippen LogP contribution in [0.3, 0.4) is 0 Å². The molecule has 9 nitrogen and oxygen atoms in total. The summed E-state index contributed by atoms with van der Waals surface area (Å²) in [4.78, 5) is 36.7. The van der Waals surface area contributed by atoms with Crippen molar-refractivity contribution in [3.05, 3.63) is 122 Å². The first kappa shape index (κ1) is 27.1. The Morgan fingerprint density at radius 1 is 1.05 bits per heavy atom. The summed E-state index contributed by atoms with van der Waals surface area (Å²) in [5.41, 5.74) is 1.06. The lowest BCUT2D eigenvalue weighted by Crippen LogP contribution is -2.31. The molecule has 3 aromatic rings. The molecule has 0 spiro atoms. The van der Waals surface area contributed by atoms with Gasteiger partial charge in [-0.25, -0.2) is 4.39 Å². The molecule has 1 aliphatic heterocycles. The van der Waals surface area contributed by atoms with Gasteiger partial charge < -0.3 is 16.0 Å². The van der Waals surface area contributed by atoms with Gasteiger partial charge in [0.1, 0.15) is 11.5 Å². The number of hydrogen-bond acceptors (Lipinski definition) is 7. The summed E-state index contributed by atoms with van der Waals surface area (Å²) in [5.74, 6) is -2.89. The number of carbonyl (C=O) groups is 2. The third kappa shape index (κ3) is 6.14. The average molecular weight is 544 g/mol. The van der Waals surface area contributed by atoms with E-state index in [0.717, 1.165) is 11.8 Å². The summed E-state index contributed by atoms with van der Waals surface area (Å²) in [7, 11) is 0. The second-order valence-corrected chi connectivity index (χ2v) is 9.39. The molecule has 0 radical (unpaired) electrons. The van der Waals surface area contributed by atoms with E-state index in [9.17, 15) is 25.0 Å². The predicted molar refractivity (Wildman–Crippen MR) is 147 cm³/mol. The van der Waals surface area contributed by atoms with Gasteiger partial charge in [0.05, 0.1) is 33.3 Å². The highest BCUT2D eigenvalue weighted by atomic mass is 32.2. The predicted octanol–water partition coefficient (Wildman–Crippen LogP) is 5.44. The molecule has 3 aromatic carbocycles. The Morgan fingerprint density at radius 3 is 2.41 bits per heavy atom. The molecule has 0 bridgehead atoms. The van der Waals surface area contributed by atoms with Crippen molar-refractivity contribution in [2.24, 2.45) is 0 Å². The third-order valence-corrected chi connectivity index (χ3v) is 6.88. The SMILES string of the molecule is CC1=C(C(=O)Nc2ccccc2)C(c2ccccc2F)C(C#N)=C(SCC(=O)Nc2ccccc2[N+](=O)[O-])N1. The summed E-state index contributed by atoms with van der Waals surface area (Å²) in [6.45, 7) is 1.63. The number of para-hydroxylation sites is 3. The zero-order valence-corrected chi connectivity index (χ0v) is 21.4. The summed E-state index contributed by atoms with van der Waals surface area (Å²) in [5, 5.41) is 30.0. The molecule has 4 rings (SSSR count). The van der Waals surface area contributed by atoms with Crippen LogP contribution in [0.15, 0.2) is 101 Å². The van der Waals surface area contributed by atoms with Gasteiger partial charge >= 0.3 is 0 Å². The maximum absolute atomic E-state index is 15.0. The van der Waals surface area contributed by atoms with Crippen LogP contribution in [0.4, 0.5) is 21.5 Å².